The summed E-state index contributed by atoms with van der Waals surface area (Å²) in [5.41, 5.74) is 1.97. The van der Waals surface area contributed by atoms with E-state index in [1.165, 1.54) is 0 Å². The quantitative estimate of drug-likeness (QED) is 0.749. The maximum Gasteiger partial charge on any atom is 0.137 e. The molecule has 2 rings (SSSR count). The summed E-state index contributed by atoms with van der Waals surface area (Å²) >= 11 is 9.67. The Balaban J connectivity index is 2.39. The second-order valence-corrected chi connectivity index (χ2v) is 6.89. The third-order valence-electron chi connectivity index (χ3n) is 2.82. The minimum Gasteiger partial charge on any atom is -0.339 e. The van der Waals surface area contributed by atoms with Crippen LogP contribution in [0.5, 0.6) is 0 Å². The van der Waals surface area contributed by atoms with Gasteiger partial charge in [-0.15, -0.1) is 0 Å². The lowest BCUT2D eigenvalue weighted by Gasteiger charge is -2.18. The number of anilines is 2. The highest BCUT2D eigenvalue weighted by Crippen LogP contribution is 2.29. The van der Waals surface area contributed by atoms with E-state index in [-0.39, 0.29) is 5.41 Å². The molecule has 106 valence electrons. The van der Waals surface area contributed by atoms with Crippen LogP contribution in [0.3, 0.4) is 0 Å². The zero-order chi connectivity index (χ0) is 14.9. The highest BCUT2D eigenvalue weighted by molar-refractivity contribution is 9.10. The summed E-state index contributed by atoms with van der Waals surface area (Å²) in [4.78, 5) is 8.83. The lowest BCUT2D eigenvalue weighted by molar-refractivity contribution is 0.546. The molecule has 1 aromatic carbocycles. The van der Waals surface area contributed by atoms with E-state index in [2.05, 4.69) is 52.0 Å². The summed E-state index contributed by atoms with van der Waals surface area (Å²) < 4.78 is 1.02. The van der Waals surface area contributed by atoms with Gasteiger partial charge in [-0.25, -0.2) is 9.97 Å². The molecule has 0 unspecified atom stereocenters. The Hall–Kier alpha value is -1.13. The Morgan fingerprint density at radius 1 is 1.20 bits per heavy atom. The summed E-state index contributed by atoms with van der Waals surface area (Å²) in [6, 6.07) is 7.76. The van der Waals surface area contributed by atoms with Gasteiger partial charge in [0.1, 0.15) is 16.8 Å². The van der Waals surface area contributed by atoms with E-state index >= 15 is 0 Å². The number of rotatable bonds is 2. The molecule has 0 bridgehead atoms. The van der Waals surface area contributed by atoms with Crippen LogP contribution < -0.4 is 5.32 Å². The summed E-state index contributed by atoms with van der Waals surface area (Å²) in [5.74, 6) is 1.41. The third-order valence-corrected chi connectivity index (χ3v) is 4.07. The van der Waals surface area contributed by atoms with E-state index in [9.17, 15) is 0 Å². The fourth-order valence-corrected chi connectivity index (χ4v) is 2.25. The maximum atomic E-state index is 6.09. The molecule has 0 atom stereocenters. The first kappa shape index (κ1) is 15.3. The molecule has 0 fully saturated rings. The number of nitrogens with zero attached hydrogens (tertiary/aromatic N) is 2. The molecule has 1 aromatic heterocycles. The standard InChI is InChI=1S/C15H17BrClN3/c1-9-6-5-7-10(13(9)16)18-12-8-11(17)19-14(20-12)15(2,3)4/h5-8H,1-4H3,(H,18,19,20). The van der Waals surface area contributed by atoms with Crippen molar-refractivity contribution < 1.29 is 0 Å². The Bertz CT molecular complexity index is 636. The lowest BCUT2D eigenvalue weighted by atomic mass is 9.96. The van der Waals surface area contributed by atoms with E-state index in [0.717, 1.165) is 21.5 Å². The Morgan fingerprint density at radius 3 is 2.55 bits per heavy atom. The van der Waals surface area contributed by atoms with Crippen LogP contribution in [0.25, 0.3) is 0 Å². The fraction of sp³-hybridized carbons (Fsp3) is 0.333. The van der Waals surface area contributed by atoms with Crippen LogP contribution in [0.4, 0.5) is 11.5 Å². The first-order valence-electron chi connectivity index (χ1n) is 6.34. The summed E-state index contributed by atoms with van der Waals surface area (Å²) in [6.45, 7) is 8.23. The van der Waals surface area contributed by atoms with Crippen molar-refractivity contribution >= 4 is 39.0 Å². The third kappa shape index (κ3) is 3.49. The summed E-state index contributed by atoms with van der Waals surface area (Å²) in [7, 11) is 0. The molecule has 5 heteroatoms. The van der Waals surface area contributed by atoms with Crippen molar-refractivity contribution in [1.82, 2.24) is 9.97 Å². The highest BCUT2D eigenvalue weighted by atomic mass is 79.9. The van der Waals surface area contributed by atoms with E-state index < -0.39 is 0 Å². The number of hydrogen-bond acceptors (Lipinski definition) is 3. The predicted molar refractivity (Wildman–Crippen MR) is 87.9 cm³/mol. The normalized spacial score (nSPS) is 11.5. The van der Waals surface area contributed by atoms with E-state index in [1.54, 1.807) is 6.07 Å². The van der Waals surface area contributed by atoms with Crippen molar-refractivity contribution in [3.8, 4) is 0 Å². The maximum absolute atomic E-state index is 6.09. The van der Waals surface area contributed by atoms with Crippen molar-refractivity contribution in [3.05, 3.63) is 45.3 Å². The lowest BCUT2D eigenvalue weighted by Crippen LogP contribution is -2.16. The van der Waals surface area contributed by atoms with Gasteiger partial charge < -0.3 is 5.32 Å². The van der Waals surface area contributed by atoms with Gasteiger partial charge in [0.25, 0.3) is 0 Å². The van der Waals surface area contributed by atoms with Crippen molar-refractivity contribution in [2.45, 2.75) is 33.1 Å². The van der Waals surface area contributed by atoms with Gasteiger partial charge in [-0.1, -0.05) is 44.5 Å². The number of nitrogens with one attached hydrogen (secondary N) is 1. The Labute approximate surface area is 132 Å². The molecule has 0 saturated heterocycles. The molecule has 0 aliphatic carbocycles. The summed E-state index contributed by atoms with van der Waals surface area (Å²) in [5, 5.41) is 3.72. The molecular formula is C15H17BrClN3. The topological polar surface area (TPSA) is 37.8 Å². The molecule has 0 spiro atoms. The number of aryl methyl sites for hydroxylation is 1. The Morgan fingerprint density at radius 2 is 1.90 bits per heavy atom. The minimum atomic E-state index is -0.148. The van der Waals surface area contributed by atoms with Crippen LogP contribution >= 0.6 is 27.5 Å². The predicted octanol–water partition coefficient (Wildman–Crippen LogP) is 5.24. The summed E-state index contributed by atoms with van der Waals surface area (Å²) in [6.07, 6.45) is 0. The molecule has 20 heavy (non-hydrogen) atoms. The number of halogens is 2. The molecule has 1 N–H and O–H groups in total. The van der Waals surface area contributed by atoms with Gasteiger partial charge >= 0.3 is 0 Å². The van der Waals surface area contributed by atoms with Crippen LogP contribution in [0.15, 0.2) is 28.7 Å². The van der Waals surface area contributed by atoms with Crippen LogP contribution in [0.2, 0.25) is 5.15 Å². The monoisotopic (exact) mass is 353 g/mol. The van der Waals surface area contributed by atoms with Gasteiger partial charge in [0.15, 0.2) is 0 Å². The van der Waals surface area contributed by atoms with Crippen molar-refractivity contribution in [3.63, 3.8) is 0 Å². The molecule has 0 aliphatic heterocycles. The van der Waals surface area contributed by atoms with E-state index in [4.69, 9.17) is 11.6 Å². The molecule has 1 heterocycles. The zero-order valence-corrected chi connectivity index (χ0v) is 14.3. The molecule has 3 nitrogen and oxygen atoms in total. The molecule has 0 saturated carbocycles. The van der Waals surface area contributed by atoms with Crippen molar-refractivity contribution in [2.75, 3.05) is 5.32 Å². The van der Waals surface area contributed by atoms with Crippen LogP contribution in [0, 0.1) is 6.92 Å². The average Bonchev–Trinajstić information content (AvgIpc) is 2.33. The van der Waals surface area contributed by atoms with Crippen molar-refractivity contribution in [1.29, 1.82) is 0 Å². The van der Waals surface area contributed by atoms with Gasteiger partial charge in [-0.3, -0.25) is 0 Å². The molecule has 0 amide bonds. The van der Waals surface area contributed by atoms with Gasteiger partial charge in [0, 0.05) is 16.0 Å². The fourth-order valence-electron chi connectivity index (χ4n) is 1.70. The van der Waals surface area contributed by atoms with Crippen LogP contribution in [-0.2, 0) is 5.41 Å². The molecule has 0 radical (unpaired) electrons. The van der Waals surface area contributed by atoms with Gasteiger partial charge in [-0.2, -0.15) is 0 Å². The second-order valence-electron chi connectivity index (χ2n) is 5.71. The van der Waals surface area contributed by atoms with E-state index in [0.29, 0.717) is 11.0 Å². The average molecular weight is 355 g/mol. The van der Waals surface area contributed by atoms with Gasteiger partial charge in [-0.05, 0) is 34.5 Å². The second kappa shape index (κ2) is 5.70. The minimum absolute atomic E-state index is 0.148. The molecular weight excluding hydrogens is 338 g/mol. The number of hydrogen-bond donors (Lipinski definition) is 1. The van der Waals surface area contributed by atoms with E-state index in [1.807, 2.05) is 25.1 Å². The van der Waals surface area contributed by atoms with Crippen molar-refractivity contribution in [2.24, 2.45) is 0 Å². The first-order valence-corrected chi connectivity index (χ1v) is 7.51. The molecule has 2 aromatic rings. The zero-order valence-electron chi connectivity index (χ0n) is 12.0. The van der Waals surface area contributed by atoms with Gasteiger partial charge in [0.2, 0.25) is 0 Å². The largest absolute Gasteiger partial charge is 0.339 e. The first-order chi connectivity index (χ1) is 9.27. The SMILES string of the molecule is Cc1cccc(Nc2cc(Cl)nc(C(C)(C)C)n2)c1Br. The number of benzene rings is 1. The smallest absolute Gasteiger partial charge is 0.137 e. The number of aromatic nitrogens is 2. The van der Waals surface area contributed by atoms with Crippen LogP contribution in [-0.4, -0.2) is 9.97 Å². The highest BCUT2D eigenvalue weighted by Gasteiger charge is 2.19. The molecule has 0 aliphatic rings. The van der Waals surface area contributed by atoms with Crippen LogP contribution in [0.1, 0.15) is 32.2 Å². The van der Waals surface area contributed by atoms with Gasteiger partial charge in [0.05, 0.1) is 5.69 Å². The Kier molecular flexibility index (Phi) is 4.35.